The standard InChI is InChI=1S/C24H37N2O9P/c1-17(2)23(27)31-15-34-36(29,35-16-32-24(28)18(3)4)33-14-26-13-19(10-11-25(5)6)21-12-20(30-7)8-9-22(21)26/h8-9,12-13,17-18H,10-11,14-16H2,1-7H3. The van der Waals surface area contributed by atoms with Gasteiger partial charge in [-0.25, -0.2) is 13.6 Å². The molecule has 36 heavy (non-hydrogen) atoms. The van der Waals surface area contributed by atoms with E-state index in [2.05, 4.69) is 4.90 Å². The Kier molecular flexibility index (Phi) is 11.4. The van der Waals surface area contributed by atoms with Gasteiger partial charge >= 0.3 is 19.8 Å². The van der Waals surface area contributed by atoms with Crippen LogP contribution in [0.4, 0.5) is 0 Å². The Hall–Kier alpha value is -2.43. The molecule has 1 heterocycles. The number of ether oxygens (including phenoxy) is 3. The zero-order valence-electron chi connectivity index (χ0n) is 22.0. The Morgan fingerprint density at radius 3 is 2.06 bits per heavy atom. The van der Waals surface area contributed by atoms with Gasteiger partial charge in [0.1, 0.15) is 12.5 Å². The summed E-state index contributed by atoms with van der Waals surface area (Å²) in [5.74, 6) is -1.16. The quantitative estimate of drug-likeness (QED) is 0.189. The SMILES string of the molecule is COc1ccc2c(c1)c(CCN(C)C)cn2COP(=O)(OCOC(=O)C(C)C)OCOC(=O)C(C)C. The first kappa shape index (κ1) is 29.8. The molecule has 1 aromatic heterocycles. The van der Waals surface area contributed by atoms with Crippen LogP contribution in [0.1, 0.15) is 33.3 Å². The van der Waals surface area contributed by atoms with Crippen LogP contribution in [0.5, 0.6) is 5.75 Å². The van der Waals surface area contributed by atoms with Gasteiger partial charge in [0.15, 0.2) is 0 Å². The summed E-state index contributed by atoms with van der Waals surface area (Å²) in [7, 11) is 1.30. The highest BCUT2D eigenvalue weighted by atomic mass is 31.2. The molecule has 0 amide bonds. The maximum atomic E-state index is 13.3. The van der Waals surface area contributed by atoms with E-state index in [9.17, 15) is 14.2 Å². The molecule has 0 aliphatic carbocycles. The second kappa shape index (κ2) is 13.8. The van der Waals surface area contributed by atoms with Crippen molar-refractivity contribution in [3.05, 3.63) is 30.0 Å². The van der Waals surface area contributed by atoms with Crippen LogP contribution >= 0.6 is 7.82 Å². The van der Waals surface area contributed by atoms with E-state index in [0.717, 1.165) is 29.4 Å². The predicted molar refractivity (Wildman–Crippen MR) is 133 cm³/mol. The van der Waals surface area contributed by atoms with E-state index >= 15 is 0 Å². The number of rotatable bonds is 15. The van der Waals surface area contributed by atoms with E-state index < -0.39 is 45.2 Å². The third kappa shape index (κ3) is 8.90. The van der Waals surface area contributed by atoms with Gasteiger partial charge < -0.3 is 23.7 Å². The molecule has 0 aliphatic rings. The summed E-state index contributed by atoms with van der Waals surface area (Å²) >= 11 is 0. The first-order valence-corrected chi connectivity index (χ1v) is 13.1. The van der Waals surface area contributed by atoms with Crippen LogP contribution in [0, 0.1) is 11.8 Å². The van der Waals surface area contributed by atoms with Crippen LogP contribution in [0.15, 0.2) is 24.4 Å². The van der Waals surface area contributed by atoms with Crippen molar-refractivity contribution < 1.29 is 41.9 Å². The Balaban J connectivity index is 2.21. The van der Waals surface area contributed by atoms with Gasteiger partial charge in [0.25, 0.3) is 0 Å². The lowest BCUT2D eigenvalue weighted by molar-refractivity contribution is -0.157. The zero-order chi connectivity index (χ0) is 26.9. The van der Waals surface area contributed by atoms with Crippen LogP contribution in [-0.2, 0) is 50.4 Å². The molecule has 0 atom stereocenters. The summed E-state index contributed by atoms with van der Waals surface area (Å²) in [6.45, 7) is 5.94. The van der Waals surface area contributed by atoms with Crippen LogP contribution in [-0.4, -0.2) is 62.7 Å². The first-order chi connectivity index (χ1) is 17.0. The molecular weight excluding hydrogens is 491 g/mol. The average molecular weight is 529 g/mol. The normalized spacial score (nSPS) is 12.1. The number of hydrogen-bond acceptors (Lipinski definition) is 10. The van der Waals surface area contributed by atoms with E-state index in [0.29, 0.717) is 5.75 Å². The number of likely N-dealkylation sites (N-methyl/N-ethyl adjacent to an activating group) is 1. The summed E-state index contributed by atoms with van der Waals surface area (Å²) in [5, 5.41) is 0.966. The van der Waals surface area contributed by atoms with Gasteiger partial charge in [-0.1, -0.05) is 27.7 Å². The van der Waals surface area contributed by atoms with Crippen molar-refractivity contribution in [2.75, 3.05) is 41.3 Å². The molecule has 0 bridgehead atoms. The zero-order valence-corrected chi connectivity index (χ0v) is 22.9. The van der Waals surface area contributed by atoms with Gasteiger partial charge in [-0.2, -0.15) is 0 Å². The molecule has 0 radical (unpaired) electrons. The van der Waals surface area contributed by atoms with Gasteiger partial charge in [0.05, 0.1) is 24.5 Å². The number of benzene rings is 1. The van der Waals surface area contributed by atoms with Crippen molar-refractivity contribution in [2.45, 2.75) is 40.8 Å². The fourth-order valence-electron chi connectivity index (χ4n) is 3.00. The number of esters is 2. The lowest BCUT2D eigenvalue weighted by Crippen LogP contribution is -2.16. The van der Waals surface area contributed by atoms with Crippen molar-refractivity contribution in [2.24, 2.45) is 11.8 Å². The van der Waals surface area contributed by atoms with Gasteiger partial charge in [0.2, 0.25) is 13.6 Å². The van der Waals surface area contributed by atoms with E-state index in [1.165, 1.54) is 0 Å². The van der Waals surface area contributed by atoms with Gasteiger partial charge in [0, 0.05) is 18.1 Å². The number of phosphoric acid groups is 1. The summed E-state index contributed by atoms with van der Waals surface area (Å²) in [4.78, 5) is 25.5. The smallest absolute Gasteiger partial charge is 0.482 e. The molecule has 202 valence electrons. The highest BCUT2D eigenvalue weighted by molar-refractivity contribution is 7.48. The molecule has 0 aliphatic heterocycles. The average Bonchev–Trinajstić information content (AvgIpc) is 3.18. The second-order valence-corrected chi connectivity index (χ2v) is 10.7. The van der Waals surface area contributed by atoms with Gasteiger partial charge in [-0.3, -0.25) is 14.1 Å². The Morgan fingerprint density at radius 1 is 0.972 bits per heavy atom. The molecule has 1 aromatic carbocycles. The minimum atomic E-state index is -4.28. The monoisotopic (exact) mass is 528 g/mol. The molecule has 0 unspecified atom stereocenters. The highest BCUT2D eigenvalue weighted by Crippen LogP contribution is 2.50. The molecule has 0 N–H and O–H groups in total. The summed E-state index contributed by atoms with van der Waals surface area (Å²) in [6.07, 6.45) is 2.67. The molecular formula is C24H37N2O9P. The molecule has 0 saturated carbocycles. The molecule has 0 fully saturated rings. The third-order valence-electron chi connectivity index (χ3n) is 5.12. The van der Waals surface area contributed by atoms with Crippen LogP contribution in [0.2, 0.25) is 0 Å². The van der Waals surface area contributed by atoms with E-state index in [1.54, 1.807) is 39.4 Å². The number of aromatic nitrogens is 1. The number of hydrogen-bond donors (Lipinski definition) is 0. The lowest BCUT2D eigenvalue weighted by Gasteiger charge is -2.19. The van der Waals surface area contributed by atoms with Crippen LogP contribution < -0.4 is 4.74 Å². The van der Waals surface area contributed by atoms with E-state index in [-0.39, 0.29) is 6.73 Å². The van der Waals surface area contributed by atoms with E-state index in [1.807, 2.05) is 38.5 Å². The van der Waals surface area contributed by atoms with Gasteiger partial charge in [-0.05, 0) is 44.3 Å². The topological polar surface area (TPSA) is 115 Å². The third-order valence-corrected chi connectivity index (χ3v) is 6.40. The second-order valence-electron chi connectivity index (χ2n) is 9.00. The van der Waals surface area contributed by atoms with Crippen molar-refractivity contribution in [1.29, 1.82) is 0 Å². The lowest BCUT2D eigenvalue weighted by atomic mass is 10.1. The molecule has 11 nitrogen and oxygen atoms in total. The highest BCUT2D eigenvalue weighted by Gasteiger charge is 2.29. The van der Waals surface area contributed by atoms with Crippen molar-refractivity contribution in [3.63, 3.8) is 0 Å². The van der Waals surface area contributed by atoms with Gasteiger partial charge in [-0.15, -0.1) is 0 Å². The summed E-state index contributed by atoms with van der Waals surface area (Å²) in [5.41, 5.74) is 1.88. The molecule has 12 heteroatoms. The Bertz CT molecular complexity index is 1040. The summed E-state index contributed by atoms with van der Waals surface area (Å²) in [6, 6.07) is 5.62. The van der Waals surface area contributed by atoms with Crippen molar-refractivity contribution >= 4 is 30.7 Å². The molecule has 0 saturated heterocycles. The van der Waals surface area contributed by atoms with Crippen LogP contribution in [0.25, 0.3) is 10.9 Å². The molecule has 0 spiro atoms. The number of phosphoric ester groups is 1. The largest absolute Gasteiger partial charge is 0.497 e. The van der Waals surface area contributed by atoms with Crippen molar-refractivity contribution in [3.8, 4) is 5.75 Å². The minimum absolute atomic E-state index is 0.196. The number of nitrogens with zero attached hydrogens (tertiary/aromatic N) is 2. The number of carbonyl (C=O) groups excluding carboxylic acids is 2. The first-order valence-electron chi connectivity index (χ1n) is 11.6. The Labute approximate surface area is 212 Å². The molecule has 2 rings (SSSR count). The van der Waals surface area contributed by atoms with Crippen molar-refractivity contribution in [1.82, 2.24) is 9.47 Å². The maximum absolute atomic E-state index is 13.3. The number of fused-ring (bicyclic) bond motifs is 1. The predicted octanol–water partition coefficient (Wildman–Crippen LogP) is 4.18. The summed E-state index contributed by atoms with van der Waals surface area (Å²) < 4.78 is 46.2. The minimum Gasteiger partial charge on any atom is -0.497 e. The van der Waals surface area contributed by atoms with Crippen LogP contribution in [0.3, 0.4) is 0 Å². The fourth-order valence-corrected chi connectivity index (χ4v) is 3.86. The van der Waals surface area contributed by atoms with E-state index in [4.69, 9.17) is 27.8 Å². The molecule has 2 aromatic rings. The number of carbonyl (C=O) groups is 2. The maximum Gasteiger partial charge on any atom is 0.482 e. The number of methoxy groups -OCH3 is 1. The fraction of sp³-hybridized carbons (Fsp3) is 0.583. The Morgan fingerprint density at radius 2 is 1.56 bits per heavy atom.